The molecule has 2 rings (SSSR count). The van der Waals surface area contributed by atoms with Crippen LogP contribution in [0.4, 0.5) is 5.69 Å². The van der Waals surface area contributed by atoms with Crippen LogP contribution in [0.25, 0.3) is 0 Å². The van der Waals surface area contributed by atoms with Gasteiger partial charge in [0.25, 0.3) is 0 Å². The predicted octanol–water partition coefficient (Wildman–Crippen LogP) is 3.60. The zero-order valence-electron chi connectivity index (χ0n) is 12.1. The quantitative estimate of drug-likeness (QED) is 0.833. The van der Waals surface area contributed by atoms with Gasteiger partial charge in [0, 0.05) is 5.69 Å². The number of carbonyl (C=O) groups excluding carboxylic acids is 1. The van der Waals surface area contributed by atoms with Gasteiger partial charge >= 0.3 is 0 Å². The number of thiocarbonyl (C=S) groups is 1. The molecule has 1 aliphatic rings. The fourth-order valence-electron chi connectivity index (χ4n) is 2.92. The maximum absolute atomic E-state index is 12.7. The van der Waals surface area contributed by atoms with E-state index < -0.39 is 5.41 Å². The van der Waals surface area contributed by atoms with Gasteiger partial charge in [0.1, 0.15) is 0 Å². The van der Waals surface area contributed by atoms with Gasteiger partial charge in [0.15, 0.2) is 0 Å². The van der Waals surface area contributed by atoms with E-state index in [4.69, 9.17) is 18.0 Å². The molecule has 0 bridgehead atoms. The smallest absolute Gasteiger partial charge is 0.237 e. The molecular weight excluding hydrogens is 268 g/mol. The van der Waals surface area contributed by atoms with Gasteiger partial charge in [0.05, 0.1) is 10.4 Å². The highest BCUT2D eigenvalue weighted by Crippen LogP contribution is 2.40. The lowest BCUT2D eigenvalue weighted by molar-refractivity contribution is -0.122. The molecule has 0 aliphatic heterocycles. The molecule has 1 aromatic rings. The van der Waals surface area contributed by atoms with Crippen LogP contribution in [0.2, 0.25) is 0 Å². The molecule has 3 nitrogen and oxygen atoms in total. The molecule has 0 atom stereocenters. The van der Waals surface area contributed by atoms with Crippen molar-refractivity contribution in [3.63, 3.8) is 0 Å². The van der Waals surface area contributed by atoms with Crippen molar-refractivity contribution in [1.82, 2.24) is 0 Å². The van der Waals surface area contributed by atoms with Crippen LogP contribution in [0.5, 0.6) is 0 Å². The standard InChI is InChI=1S/C16H22N2OS/c1-11(2)12-7-3-4-8-13(12)18-15(19)16(14(17)20)9-5-6-10-16/h3-4,7-8,11H,5-6,9-10H2,1-2H3,(H2,17,20)(H,18,19). The highest BCUT2D eigenvalue weighted by atomic mass is 32.1. The zero-order valence-corrected chi connectivity index (χ0v) is 12.9. The number of nitrogens with two attached hydrogens (primary N) is 1. The lowest BCUT2D eigenvalue weighted by Crippen LogP contribution is -2.44. The van der Waals surface area contributed by atoms with E-state index in [1.54, 1.807) is 0 Å². The van der Waals surface area contributed by atoms with Gasteiger partial charge in [-0.25, -0.2) is 0 Å². The van der Waals surface area contributed by atoms with E-state index in [0.717, 1.165) is 36.9 Å². The van der Waals surface area contributed by atoms with Gasteiger partial charge in [-0.3, -0.25) is 4.79 Å². The van der Waals surface area contributed by atoms with Crippen molar-refractivity contribution in [2.45, 2.75) is 45.4 Å². The Kier molecular flexibility index (Phi) is 4.43. The number of rotatable bonds is 4. The second-order valence-corrected chi connectivity index (χ2v) is 6.29. The van der Waals surface area contributed by atoms with Gasteiger partial charge in [-0.15, -0.1) is 0 Å². The molecule has 0 radical (unpaired) electrons. The normalized spacial score (nSPS) is 17.1. The van der Waals surface area contributed by atoms with Gasteiger partial charge in [0.2, 0.25) is 5.91 Å². The van der Waals surface area contributed by atoms with Crippen LogP contribution in [0.3, 0.4) is 0 Å². The number of anilines is 1. The Hall–Kier alpha value is -1.42. The van der Waals surface area contributed by atoms with Crippen LogP contribution in [0, 0.1) is 5.41 Å². The third-order valence-corrected chi connectivity index (χ3v) is 4.59. The molecule has 1 aliphatic carbocycles. The summed E-state index contributed by atoms with van der Waals surface area (Å²) in [6.45, 7) is 4.23. The van der Waals surface area contributed by atoms with Crippen LogP contribution in [-0.4, -0.2) is 10.9 Å². The van der Waals surface area contributed by atoms with Crippen LogP contribution in [0.1, 0.15) is 51.0 Å². The average Bonchev–Trinajstić information content (AvgIpc) is 2.89. The minimum atomic E-state index is -0.653. The summed E-state index contributed by atoms with van der Waals surface area (Å²) >= 11 is 5.16. The summed E-state index contributed by atoms with van der Waals surface area (Å²) in [5, 5.41) is 3.05. The van der Waals surface area contributed by atoms with Crippen LogP contribution in [-0.2, 0) is 4.79 Å². The van der Waals surface area contributed by atoms with E-state index in [0.29, 0.717) is 10.9 Å². The maximum Gasteiger partial charge on any atom is 0.237 e. The average molecular weight is 290 g/mol. The van der Waals surface area contributed by atoms with E-state index >= 15 is 0 Å². The summed E-state index contributed by atoms with van der Waals surface area (Å²) in [6, 6.07) is 7.91. The summed E-state index contributed by atoms with van der Waals surface area (Å²) in [7, 11) is 0. The number of benzene rings is 1. The summed E-state index contributed by atoms with van der Waals surface area (Å²) < 4.78 is 0. The topological polar surface area (TPSA) is 55.1 Å². The van der Waals surface area contributed by atoms with E-state index in [1.165, 1.54) is 0 Å². The van der Waals surface area contributed by atoms with E-state index in [9.17, 15) is 4.79 Å². The number of para-hydroxylation sites is 1. The zero-order chi connectivity index (χ0) is 14.8. The molecule has 1 amide bonds. The second-order valence-electron chi connectivity index (χ2n) is 5.85. The second kappa shape index (κ2) is 5.92. The molecule has 0 heterocycles. The first kappa shape index (κ1) is 15.0. The molecule has 0 saturated heterocycles. The van der Waals surface area contributed by atoms with Crippen LogP contribution < -0.4 is 11.1 Å². The minimum absolute atomic E-state index is 0.0457. The molecule has 0 aromatic heterocycles. The molecule has 1 aromatic carbocycles. The minimum Gasteiger partial charge on any atom is -0.392 e. The molecule has 4 heteroatoms. The lowest BCUT2D eigenvalue weighted by Gasteiger charge is -2.27. The number of carbonyl (C=O) groups is 1. The van der Waals surface area contributed by atoms with E-state index in [1.807, 2.05) is 24.3 Å². The fourth-order valence-corrected chi connectivity index (χ4v) is 3.22. The van der Waals surface area contributed by atoms with Crippen molar-refractivity contribution in [2.75, 3.05) is 5.32 Å². The third kappa shape index (κ3) is 2.70. The Morgan fingerprint density at radius 1 is 1.30 bits per heavy atom. The Labute approximate surface area is 125 Å². The fraction of sp³-hybridized carbons (Fsp3) is 0.500. The highest BCUT2D eigenvalue weighted by Gasteiger charge is 2.44. The monoisotopic (exact) mass is 290 g/mol. The van der Waals surface area contributed by atoms with Crippen molar-refractivity contribution >= 4 is 28.8 Å². The SMILES string of the molecule is CC(C)c1ccccc1NC(=O)C1(C(N)=S)CCCC1. The molecule has 0 spiro atoms. The molecule has 1 saturated carbocycles. The summed E-state index contributed by atoms with van der Waals surface area (Å²) in [4.78, 5) is 13.0. The van der Waals surface area contributed by atoms with Gasteiger partial charge in [-0.1, -0.05) is 57.1 Å². The van der Waals surface area contributed by atoms with Crippen molar-refractivity contribution < 1.29 is 4.79 Å². The Morgan fingerprint density at radius 3 is 2.45 bits per heavy atom. The number of hydrogen-bond donors (Lipinski definition) is 2. The Balaban J connectivity index is 2.26. The number of hydrogen-bond acceptors (Lipinski definition) is 2. The summed E-state index contributed by atoms with van der Waals surface area (Å²) in [5.41, 5.74) is 7.21. The lowest BCUT2D eigenvalue weighted by atomic mass is 9.84. The summed E-state index contributed by atoms with van der Waals surface area (Å²) in [6.07, 6.45) is 3.54. The Morgan fingerprint density at radius 2 is 1.90 bits per heavy atom. The maximum atomic E-state index is 12.7. The number of nitrogens with one attached hydrogen (secondary N) is 1. The molecule has 3 N–H and O–H groups in total. The predicted molar refractivity (Wildman–Crippen MR) is 86.8 cm³/mol. The van der Waals surface area contributed by atoms with Crippen molar-refractivity contribution in [2.24, 2.45) is 11.1 Å². The Bertz CT molecular complexity index is 519. The van der Waals surface area contributed by atoms with E-state index in [2.05, 4.69) is 19.2 Å². The highest BCUT2D eigenvalue weighted by molar-refractivity contribution is 7.80. The van der Waals surface area contributed by atoms with Crippen molar-refractivity contribution in [3.8, 4) is 0 Å². The van der Waals surface area contributed by atoms with Crippen molar-refractivity contribution in [1.29, 1.82) is 0 Å². The molecule has 108 valence electrons. The van der Waals surface area contributed by atoms with Crippen LogP contribution >= 0.6 is 12.2 Å². The third-order valence-electron chi connectivity index (χ3n) is 4.19. The van der Waals surface area contributed by atoms with Gasteiger partial charge in [-0.2, -0.15) is 0 Å². The van der Waals surface area contributed by atoms with Crippen LogP contribution in [0.15, 0.2) is 24.3 Å². The van der Waals surface area contributed by atoms with E-state index in [-0.39, 0.29) is 5.91 Å². The first-order valence-corrected chi connectivity index (χ1v) is 7.58. The first-order chi connectivity index (χ1) is 9.47. The molecule has 1 fully saturated rings. The van der Waals surface area contributed by atoms with Gasteiger partial charge in [-0.05, 0) is 30.4 Å². The summed E-state index contributed by atoms with van der Waals surface area (Å²) in [5.74, 6) is 0.312. The van der Waals surface area contributed by atoms with Gasteiger partial charge < -0.3 is 11.1 Å². The largest absolute Gasteiger partial charge is 0.392 e. The first-order valence-electron chi connectivity index (χ1n) is 7.17. The van der Waals surface area contributed by atoms with Crippen molar-refractivity contribution in [3.05, 3.63) is 29.8 Å². The molecule has 20 heavy (non-hydrogen) atoms. The molecular formula is C16H22N2OS. The number of amides is 1. The molecule has 0 unspecified atom stereocenters.